The van der Waals surface area contributed by atoms with Crippen molar-refractivity contribution in [3.8, 4) is 0 Å². The fourth-order valence-electron chi connectivity index (χ4n) is 1.93. The number of alkyl carbamates (subject to hydrolysis) is 1. The summed E-state index contributed by atoms with van der Waals surface area (Å²) >= 11 is 0. The fourth-order valence-corrected chi connectivity index (χ4v) is 1.93. The molecule has 9 heteroatoms. The van der Waals surface area contributed by atoms with E-state index in [2.05, 4.69) is 10.3 Å². The SMILES string of the molecule is NC(N)=Nc1ccc(CNC(=O)OCc2ccc([N+](=O)[O-])cc2)cc1. The Bertz CT molecular complexity index is 768. The molecule has 0 aliphatic heterocycles. The molecule has 2 rings (SSSR count). The third-order valence-electron chi connectivity index (χ3n) is 3.15. The van der Waals surface area contributed by atoms with Crippen LogP contribution in [0.1, 0.15) is 11.1 Å². The largest absolute Gasteiger partial charge is 0.445 e. The quantitative estimate of drug-likeness (QED) is 0.316. The van der Waals surface area contributed by atoms with Gasteiger partial charge in [0, 0.05) is 18.7 Å². The highest BCUT2D eigenvalue weighted by Crippen LogP contribution is 2.13. The lowest BCUT2D eigenvalue weighted by Crippen LogP contribution is -2.23. The van der Waals surface area contributed by atoms with Gasteiger partial charge in [-0.25, -0.2) is 9.79 Å². The summed E-state index contributed by atoms with van der Waals surface area (Å²) in [4.78, 5) is 25.6. The minimum atomic E-state index is -0.591. The Morgan fingerprint density at radius 2 is 1.68 bits per heavy atom. The first-order chi connectivity index (χ1) is 11.9. The summed E-state index contributed by atoms with van der Waals surface area (Å²) in [6, 6.07) is 12.8. The Morgan fingerprint density at radius 1 is 1.08 bits per heavy atom. The molecule has 0 radical (unpaired) electrons. The number of ether oxygens (including phenoxy) is 1. The summed E-state index contributed by atoms with van der Waals surface area (Å²) < 4.78 is 5.05. The predicted octanol–water partition coefficient (Wildman–Crippen LogP) is 1.93. The van der Waals surface area contributed by atoms with Crippen molar-refractivity contribution in [1.82, 2.24) is 5.32 Å². The number of nitrogens with two attached hydrogens (primary N) is 2. The van der Waals surface area contributed by atoms with Crippen LogP contribution in [0.4, 0.5) is 16.2 Å². The van der Waals surface area contributed by atoms with E-state index in [1.807, 2.05) is 0 Å². The Hall–Kier alpha value is -3.62. The number of benzene rings is 2. The molecule has 0 unspecified atom stereocenters. The van der Waals surface area contributed by atoms with E-state index < -0.39 is 11.0 Å². The molecule has 9 nitrogen and oxygen atoms in total. The molecule has 0 spiro atoms. The van der Waals surface area contributed by atoms with Gasteiger partial charge >= 0.3 is 6.09 Å². The maximum atomic E-state index is 11.7. The third kappa shape index (κ3) is 5.82. The second-order valence-electron chi connectivity index (χ2n) is 5.06. The standard InChI is InChI=1S/C16H17N5O4/c17-15(18)20-13-5-1-11(2-6-13)9-19-16(22)25-10-12-3-7-14(8-4-12)21(23)24/h1-8H,9-10H2,(H,19,22)(H4,17,18,20). The topological polar surface area (TPSA) is 146 Å². The van der Waals surface area contributed by atoms with Crippen molar-refractivity contribution in [3.05, 3.63) is 69.8 Å². The van der Waals surface area contributed by atoms with E-state index in [1.54, 1.807) is 24.3 Å². The fraction of sp³-hybridized carbons (Fsp3) is 0.125. The number of carbonyl (C=O) groups is 1. The first kappa shape index (κ1) is 17.7. The summed E-state index contributed by atoms with van der Waals surface area (Å²) in [6.07, 6.45) is -0.591. The van der Waals surface area contributed by atoms with Crippen molar-refractivity contribution < 1.29 is 14.5 Å². The maximum absolute atomic E-state index is 11.7. The van der Waals surface area contributed by atoms with Gasteiger partial charge in [-0.3, -0.25) is 10.1 Å². The normalized spacial score (nSPS) is 9.92. The number of nitrogens with one attached hydrogen (secondary N) is 1. The van der Waals surface area contributed by atoms with Gasteiger partial charge in [0.25, 0.3) is 5.69 Å². The number of nitro groups is 1. The number of non-ortho nitro benzene ring substituents is 1. The molecular formula is C16H17N5O4. The van der Waals surface area contributed by atoms with E-state index in [4.69, 9.17) is 16.2 Å². The predicted molar refractivity (Wildman–Crippen MR) is 92.0 cm³/mol. The minimum Gasteiger partial charge on any atom is -0.445 e. The number of rotatable bonds is 6. The van der Waals surface area contributed by atoms with E-state index >= 15 is 0 Å². The summed E-state index contributed by atoms with van der Waals surface area (Å²) in [5.74, 6) is -0.0271. The van der Waals surface area contributed by atoms with Crippen molar-refractivity contribution in [2.24, 2.45) is 16.5 Å². The summed E-state index contributed by atoms with van der Waals surface area (Å²) in [5, 5.41) is 13.2. The number of guanidine groups is 1. The second kappa shape index (κ2) is 8.29. The van der Waals surface area contributed by atoms with Gasteiger partial charge in [-0.2, -0.15) is 0 Å². The van der Waals surface area contributed by atoms with Gasteiger partial charge < -0.3 is 21.5 Å². The van der Waals surface area contributed by atoms with Crippen LogP contribution in [-0.2, 0) is 17.9 Å². The smallest absolute Gasteiger partial charge is 0.407 e. The van der Waals surface area contributed by atoms with Crippen LogP contribution in [0.3, 0.4) is 0 Å². The van der Waals surface area contributed by atoms with Crippen LogP contribution in [0.15, 0.2) is 53.5 Å². The zero-order valence-corrected chi connectivity index (χ0v) is 13.2. The first-order valence-electron chi connectivity index (χ1n) is 7.26. The third-order valence-corrected chi connectivity index (χ3v) is 3.15. The molecule has 0 heterocycles. The molecular weight excluding hydrogens is 326 g/mol. The number of hydrogen-bond acceptors (Lipinski definition) is 5. The maximum Gasteiger partial charge on any atom is 0.407 e. The zero-order chi connectivity index (χ0) is 18.2. The van der Waals surface area contributed by atoms with Crippen molar-refractivity contribution in [2.75, 3.05) is 0 Å². The molecule has 130 valence electrons. The molecule has 2 aromatic rings. The molecule has 0 fully saturated rings. The lowest BCUT2D eigenvalue weighted by Gasteiger charge is -2.07. The van der Waals surface area contributed by atoms with Crippen molar-refractivity contribution in [3.63, 3.8) is 0 Å². The van der Waals surface area contributed by atoms with Crippen LogP contribution < -0.4 is 16.8 Å². The summed E-state index contributed by atoms with van der Waals surface area (Å²) in [5.41, 5.74) is 12.7. The molecule has 0 atom stereocenters. The minimum absolute atomic E-state index is 0.0163. The Labute approximate surface area is 143 Å². The molecule has 0 saturated carbocycles. The van der Waals surface area contributed by atoms with Crippen LogP contribution in [0.25, 0.3) is 0 Å². The van der Waals surface area contributed by atoms with Gasteiger partial charge in [-0.05, 0) is 35.4 Å². The van der Waals surface area contributed by atoms with Crippen molar-refractivity contribution in [1.29, 1.82) is 0 Å². The average molecular weight is 343 g/mol. The molecule has 25 heavy (non-hydrogen) atoms. The van der Waals surface area contributed by atoms with E-state index in [0.29, 0.717) is 11.3 Å². The number of carbonyl (C=O) groups excluding carboxylic acids is 1. The number of aliphatic imine (C=N–C) groups is 1. The van der Waals surface area contributed by atoms with E-state index in [-0.39, 0.29) is 24.8 Å². The van der Waals surface area contributed by atoms with Crippen molar-refractivity contribution >= 4 is 23.4 Å². The van der Waals surface area contributed by atoms with E-state index in [9.17, 15) is 14.9 Å². The van der Waals surface area contributed by atoms with Crippen LogP contribution in [0.5, 0.6) is 0 Å². The Balaban J connectivity index is 1.78. The molecule has 0 aromatic heterocycles. The first-order valence-corrected chi connectivity index (χ1v) is 7.26. The number of amides is 1. The zero-order valence-electron chi connectivity index (χ0n) is 13.2. The van der Waals surface area contributed by atoms with Crippen LogP contribution in [0, 0.1) is 10.1 Å². The van der Waals surface area contributed by atoms with Gasteiger partial charge in [-0.1, -0.05) is 12.1 Å². The lowest BCUT2D eigenvalue weighted by atomic mass is 10.2. The average Bonchev–Trinajstić information content (AvgIpc) is 2.59. The molecule has 0 aliphatic rings. The molecule has 1 amide bonds. The Morgan fingerprint density at radius 3 is 2.24 bits per heavy atom. The van der Waals surface area contributed by atoms with E-state index in [1.165, 1.54) is 24.3 Å². The van der Waals surface area contributed by atoms with Crippen molar-refractivity contribution in [2.45, 2.75) is 13.2 Å². The molecule has 0 aliphatic carbocycles. The highest BCUT2D eigenvalue weighted by Gasteiger charge is 2.06. The van der Waals surface area contributed by atoms with Crippen LogP contribution >= 0.6 is 0 Å². The number of hydrogen-bond donors (Lipinski definition) is 3. The van der Waals surface area contributed by atoms with Crippen LogP contribution in [-0.4, -0.2) is 17.0 Å². The summed E-state index contributed by atoms with van der Waals surface area (Å²) in [7, 11) is 0. The monoisotopic (exact) mass is 343 g/mol. The number of nitrogens with zero attached hydrogens (tertiary/aromatic N) is 2. The van der Waals surface area contributed by atoms with Gasteiger partial charge in [0.1, 0.15) is 6.61 Å². The number of nitro benzene ring substituents is 1. The van der Waals surface area contributed by atoms with Gasteiger partial charge in [0.05, 0.1) is 10.6 Å². The summed E-state index contributed by atoms with van der Waals surface area (Å²) in [6.45, 7) is 0.300. The van der Waals surface area contributed by atoms with Gasteiger partial charge in [-0.15, -0.1) is 0 Å². The second-order valence-corrected chi connectivity index (χ2v) is 5.06. The molecule has 0 saturated heterocycles. The molecule has 5 N–H and O–H groups in total. The Kier molecular flexibility index (Phi) is 5.88. The molecule has 2 aromatic carbocycles. The van der Waals surface area contributed by atoms with Crippen LogP contribution in [0.2, 0.25) is 0 Å². The highest BCUT2D eigenvalue weighted by molar-refractivity contribution is 5.78. The van der Waals surface area contributed by atoms with Gasteiger partial charge in [0.2, 0.25) is 0 Å². The van der Waals surface area contributed by atoms with E-state index in [0.717, 1.165) is 5.56 Å². The van der Waals surface area contributed by atoms with Gasteiger partial charge in [0.15, 0.2) is 5.96 Å². The highest BCUT2D eigenvalue weighted by atomic mass is 16.6. The lowest BCUT2D eigenvalue weighted by molar-refractivity contribution is -0.384. The molecule has 0 bridgehead atoms.